The molecule has 0 amide bonds. The van der Waals surface area contributed by atoms with Gasteiger partial charge in [-0.1, -0.05) is 58.8 Å². The molecule has 0 bridgehead atoms. The zero-order valence-corrected chi connectivity index (χ0v) is 12.3. The van der Waals surface area contributed by atoms with Crippen molar-refractivity contribution in [2.45, 2.75) is 0 Å². The first-order valence-corrected chi connectivity index (χ1v) is 5.15. The number of azide groups is 2. The Morgan fingerprint density at radius 3 is 1.35 bits per heavy atom. The van der Waals surface area contributed by atoms with E-state index in [1.165, 1.54) is 0 Å². The molecule has 0 unspecified atom stereocenters. The molecular weight excluding hydrogens is 292 g/mol. The molecule has 20 heavy (non-hydrogen) atoms. The molecule has 0 saturated carbocycles. The zero-order valence-electron chi connectivity index (χ0n) is 10.3. The van der Waals surface area contributed by atoms with Crippen LogP contribution in [0.15, 0.2) is 58.8 Å². The van der Waals surface area contributed by atoms with Gasteiger partial charge in [-0.05, 0) is 22.2 Å². The third-order valence-corrected chi connectivity index (χ3v) is 2.40. The fourth-order valence-electron chi connectivity index (χ4n) is 1.67. The summed E-state index contributed by atoms with van der Waals surface area (Å²) in [5.74, 6) is 0. The highest BCUT2D eigenvalue weighted by molar-refractivity contribution is 7.59. The van der Waals surface area contributed by atoms with E-state index in [1.807, 2.05) is 24.3 Å². The number of rotatable bonds is 3. The highest BCUT2D eigenvalue weighted by Gasteiger charge is 2.06. The largest absolute Gasteiger partial charge is 0.197 e. The second-order valence-corrected chi connectivity index (χ2v) is 3.41. The van der Waals surface area contributed by atoms with Gasteiger partial charge in [0.05, 0.1) is 0 Å². The lowest BCUT2D eigenvalue weighted by molar-refractivity contribution is 1.43. The lowest BCUT2D eigenvalue weighted by Crippen LogP contribution is -1.79. The Bertz CT molecular complexity index is 616. The normalized spacial score (nSPS) is 8.20. The Morgan fingerprint density at radius 2 is 1.00 bits per heavy atom. The standard InChI is InChI=1S/C12H8N6.2H2S/c13-17-15-11-7-3-1-5-9(11)10-6-2-4-8-12(10)16-18-14;;/h1-8H;2*1H2. The van der Waals surface area contributed by atoms with Crippen molar-refractivity contribution in [2.75, 3.05) is 0 Å². The number of hydrogen-bond donors (Lipinski definition) is 0. The molecule has 0 saturated heterocycles. The molecule has 0 aliphatic rings. The van der Waals surface area contributed by atoms with E-state index < -0.39 is 0 Å². The fraction of sp³-hybridized carbons (Fsp3) is 0. The van der Waals surface area contributed by atoms with E-state index >= 15 is 0 Å². The molecule has 0 N–H and O–H groups in total. The van der Waals surface area contributed by atoms with E-state index in [0.29, 0.717) is 11.4 Å². The Morgan fingerprint density at radius 1 is 0.650 bits per heavy atom. The number of hydrogen-bond acceptors (Lipinski definition) is 2. The van der Waals surface area contributed by atoms with Crippen LogP contribution in [0, 0.1) is 0 Å². The lowest BCUT2D eigenvalue weighted by Gasteiger charge is -2.07. The van der Waals surface area contributed by atoms with Crippen LogP contribution in [-0.2, 0) is 0 Å². The average molecular weight is 304 g/mol. The molecule has 0 radical (unpaired) electrons. The zero-order chi connectivity index (χ0) is 12.8. The van der Waals surface area contributed by atoms with Crippen LogP contribution in [0.1, 0.15) is 0 Å². The molecule has 0 spiro atoms. The molecule has 8 heteroatoms. The minimum Gasteiger partial charge on any atom is -0.197 e. The van der Waals surface area contributed by atoms with Crippen molar-refractivity contribution < 1.29 is 0 Å². The molecule has 2 rings (SSSR count). The molecule has 102 valence electrons. The first kappa shape index (κ1) is 17.8. The molecule has 2 aromatic carbocycles. The first-order valence-electron chi connectivity index (χ1n) is 5.15. The van der Waals surface area contributed by atoms with Crippen molar-refractivity contribution in [1.82, 2.24) is 0 Å². The van der Waals surface area contributed by atoms with Gasteiger partial charge in [0.25, 0.3) is 0 Å². The summed E-state index contributed by atoms with van der Waals surface area (Å²) in [5.41, 5.74) is 19.6. The van der Waals surface area contributed by atoms with Gasteiger partial charge in [-0.25, -0.2) is 0 Å². The van der Waals surface area contributed by atoms with Gasteiger partial charge in [0, 0.05) is 21.2 Å². The van der Waals surface area contributed by atoms with Gasteiger partial charge < -0.3 is 0 Å². The van der Waals surface area contributed by atoms with Gasteiger partial charge in [-0.2, -0.15) is 27.0 Å². The summed E-state index contributed by atoms with van der Waals surface area (Å²) >= 11 is 0. The van der Waals surface area contributed by atoms with Crippen molar-refractivity contribution >= 4 is 38.4 Å². The Hall–Kier alpha value is -2.24. The van der Waals surface area contributed by atoms with Crippen molar-refractivity contribution in [2.24, 2.45) is 10.2 Å². The van der Waals surface area contributed by atoms with E-state index in [4.69, 9.17) is 11.1 Å². The second kappa shape index (κ2) is 8.79. The highest BCUT2D eigenvalue weighted by atomic mass is 32.1. The van der Waals surface area contributed by atoms with Crippen LogP contribution in [-0.4, -0.2) is 0 Å². The molecule has 0 heterocycles. The van der Waals surface area contributed by atoms with Crippen LogP contribution < -0.4 is 0 Å². The highest BCUT2D eigenvalue weighted by Crippen LogP contribution is 2.36. The molecular formula is C12H12N6S2. The molecule has 0 fully saturated rings. The SMILES string of the molecule is S.S.[N-]=[N+]=Nc1ccccc1-c1ccccc1N=[N+]=[N-]. The quantitative estimate of drug-likeness (QED) is 0.408. The topological polar surface area (TPSA) is 97.5 Å². The predicted molar refractivity (Wildman–Crippen MR) is 90.3 cm³/mol. The van der Waals surface area contributed by atoms with Crippen LogP contribution in [0.4, 0.5) is 11.4 Å². The van der Waals surface area contributed by atoms with Crippen molar-refractivity contribution in [3.8, 4) is 11.1 Å². The van der Waals surface area contributed by atoms with E-state index in [2.05, 4.69) is 20.1 Å². The van der Waals surface area contributed by atoms with E-state index in [9.17, 15) is 0 Å². The van der Waals surface area contributed by atoms with E-state index in [1.54, 1.807) is 24.3 Å². The minimum atomic E-state index is 0. The summed E-state index contributed by atoms with van der Waals surface area (Å²) in [5, 5.41) is 7.26. The molecule has 0 atom stereocenters. The van der Waals surface area contributed by atoms with Gasteiger partial charge in [0.1, 0.15) is 0 Å². The van der Waals surface area contributed by atoms with E-state index in [-0.39, 0.29) is 27.0 Å². The predicted octanol–water partition coefficient (Wildman–Crippen LogP) is 5.46. The van der Waals surface area contributed by atoms with Crippen molar-refractivity contribution in [3.05, 3.63) is 69.4 Å². The van der Waals surface area contributed by atoms with Gasteiger partial charge in [0.15, 0.2) is 0 Å². The summed E-state index contributed by atoms with van der Waals surface area (Å²) in [6.07, 6.45) is 0. The number of benzene rings is 2. The van der Waals surface area contributed by atoms with Crippen LogP contribution in [0.5, 0.6) is 0 Å². The average Bonchev–Trinajstić information content (AvgIpc) is 2.41. The third-order valence-electron chi connectivity index (χ3n) is 2.40. The minimum absolute atomic E-state index is 0. The van der Waals surface area contributed by atoms with Crippen LogP contribution in [0.3, 0.4) is 0 Å². The Balaban J connectivity index is 0.00000180. The first-order chi connectivity index (χ1) is 8.86. The molecule has 0 aliphatic heterocycles. The summed E-state index contributed by atoms with van der Waals surface area (Å²) in [4.78, 5) is 5.58. The summed E-state index contributed by atoms with van der Waals surface area (Å²) in [7, 11) is 0. The second-order valence-electron chi connectivity index (χ2n) is 3.41. The maximum Gasteiger partial charge on any atom is 0.0453 e. The summed E-state index contributed by atoms with van der Waals surface area (Å²) < 4.78 is 0. The van der Waals surface area contributed by atoms with Crippen LogP contribution >= 0.6 is 27.0 Å². The van der Waals surface area contributed by atoms with Crippen molar-refractivity contribution in [1.29, 1.82) is 0 Å². The maximum atomic E-state index is 8.54. The third kappa shape index (κ3) is 3.88. The van der Waals surface area contributed by atoms with Gasteiger partial charge in [-0.15, -0.1) is 0 Å². The van der Waals surface area contributed by atoms with Crippen LogP contribution in [0.2, 0.25) is 0 Å². The Labute approximate surface area is 129 Å². The van der Waals surface area contributed by atoms with Crippen LogP contribution in [0.25, 0.3) is 32.0 Å². The summed E-state index contributed by atoms with van der Waals surface area (Å²) in [6, 6.07) is 14.3. The van der Waals surface area contributed by atoms with Crippen molar-refractivity contribution in [3.63, 3.8) is 0 Å². The lowest BCUT2D eigenvalue weighted by atomic mass is 10.0. The Kier molecular flexibility index (Phi) is 7.81. The van der Waals surface area contributed by atoms with Gasteiger partial charge in [-0.3, -0.25) is 0 Å². The molecule has 0 aliphatic carbocycles. The fourth-order valence-corrected chi connectivity index (χ4v) is 1.67. The molecule has 0 aromatic heterocycles. The van der Waals surface area contributed by atoms with E-state index in [0.717, 1.165) is 11.1 Å². The van der Waals surface area contributed by atoms with Gasteiger partial charge in [0.2, 0.25) is 0 Å². The van der Waals surface area contributed by atoms with Gasteiger partial charge >= 0.3 is 0 Å². The maximum absolute atomic E-state index is 8.54. The monoisotopic (exact) mass is 304 g/mol. The number of nitrogens with zero attached hydrogens (tertiary/aromatic N) is 6. The molecule has 6 nitrogen and oxygen atoms in total. The molecule has 2 aromatic rings. The smallest absolute Gasteiger partial charge is 0.0453 e. The summed E-state index contributed by atoms with van der Waals surface area (Å²) in [6.45, 7) is 0.